The molecular weight excluding hydrogens is 889 g/mol. The molecule has 0 N–H and O–H groups in total. The Balaban J connectivity index is 4.18. The second-order valence-corrected chi connectivity index (χ2v) is 20.2. The average molecular weight is 1000 g/mol. The van der Waals surface area contributed by atoms with Crippen LogP contribution in [-0.4, -0.2) is 37.2 Å². The zero-order valence-electron chi connectivity index (χ0n) is 47.4. The summed E-state index contributed by atoms with van der Waals surface area (Å²) in [5.74, 6) is -0.871. The first kappa shape index (κ1) is 68.6. The maximum atomic E-state index is 12.8. The standard InChI is InChI=1S/C66H114O6/c1-4-7-10-13-16-19-22-24-25-26-27-28-29-30-31-32-33-34-35-36-37-38-39-40-41-42-45-47-50-53-56-59-65(68)71-62-63(61-70-64(67)58-55-52-49-46-43-21-18-15-12-9-6-3)72-66(69)60-57-54-51-48-44-23-20-17-14-11-8-5-2/h7,10,16,19,24-25,27-28,30-31,33-34,36-37,63H,4-6,8-9,11-15,17-18,20-23,26,29,32,35,38-62H2,1-3H3/b10-7-,19-16-,25-24-,28-27-,31-30-,34-33-,37-36-. The topological polar surface area (TPSA) is 78.9 Å². The van der Waals surface area contributed by atoms with E-state index < -0.39 is 6.10 Å². The summed E-state index contributed by atoms with van der Waals surface area (Å²) in [6, 6.07) is 0. The van der Waals surface area contributed by atoms with Crippen LogP contribution in [0, 0.1) is 0 Å². The maximum Gasteiger partial charge on any atom is 0.306 e. The maximum absolute atomic E-state index is 12.8. The van der Waals surface area contributed by atoms with Crippen molar-refractivity contribution in [3.63, 3.8) is 0 Å². The SMILES string of the molecule is CC/C=C\C/C=C\C/C=C\C/C=C\C/C=C\C/C=C\C/C=C\CCCCCCCCCCCC(=O)OCC(COC(=O)CCCCCCCCCCCCC)OC(=O)CCCCCCCCCCCCCC. The number of unbranched alkanes of at least 4 members (excludes halogenated alkanes) is 30. The highest BCUT2D eigenvalue weighted by Crippen LogP contribution is 2.16. The first-order valence-electron chi connectivity index (χ1n) is 30.6. The first-order chi connectivity index (χ1) is 35.5. The third kappa shape index (κ3) is 57.5. The smallest absolute Gasteiger partial charge is 0.306 e. The van der Waals surface area contributed by atoms with E-state index in [1.165, 1.54) is 148 Å². The Bertz CT molecular complexity index is 1380. The van der Waals surface area contributed by atoms with Crippen molar-refractivity contribution < 1.29 is 28.6 Å². The minimum atomic E-state index is -0.774. The summed E-state index contributed by atoms with van der Waals surface area (Å²) in [5, 5.41) is 0. The Morgan fingerprint density at radius 1 is 0.292 bits per heavy atom. The highest BCUT2D eigenvalue weighted by atomic mass is 16.6. The molecule has 1 unspecified atom stereocenters. The van der Waals surface area contributed by atoms with Gasteiger partial charge in [0.2, 0.25) is 0 Å². The van der Waals surface area contributed by atoms with E-state index in [1.807, 2.05) is 0 Å². The molecule has 0 aliphatic rings. The number of rotatable bonds is 55. The van der Waals surface area contributed by atoms with Crippen LogP contribution in [-0.2, 0) is 28.6 Å². The summed E-state index contributed by atoms with van der Waals surface area (Å²) in [6.45, 7) is 6.53. The molecule has 1 atom stereocenters. The Kier molecular flexibility index (Phi) is 57.3. The predicted molar refractivity (Wildman–Crippen MR) is 311 cm³/mol. The monoisotopic (exact) mass is 1000 g/mol. The molecule has 0 amide bonds. The van der Waals surface area contributed by atoms with Crippen molar-refractivity contribution in [2.24, 2.45) is 0 Å². The molecule has 0 rings (SSSR count). The van der Waals surface area contributed by atoms with Gasteiger partial charge in [-0.05, 0) is 77.0 Å². The van der Waals surface area contributed by atoms with Gasteiger partial charge in [0.15, 0.2) is 6.10 Å². The number of hydrogen-bond donors (Lipinski definition) is 0. The third-order valence-electron chi connectivity index (χ3n) is 13.2. The van der Waals surface area contributed by atoms with Crippen molar-refractivity contribution in [2.75, 3.05) is 13.2 Å². The van der Waals surface area contributed by atoms with Crippen molar-refractivity contribution in [2.45, 2.75) is 303 Å². The number of allylic oxidation sites excluding steroid dienone is 14. The minimum absolute atomic E-state index is 0.0733. The van der Waals surface area contributed by atoms with Gasteiger partial charge in [-0.15, -0.1) is 0 Å². The summed E-state index contributed by atoms with van der Waals surface area (Å²) in [4.78, 5) is 38.1. The normalized spacial score (nSPS) is 12.7. The molecule has 0 aromatic heterocycles. The van der Waals surface area contributed by atoms with Crippen LogP contribution >= 0.6 is 0 Å². The van der Waals surface area contributed by atoms with Crippen molar-refractivity contribution in [1.29, 1.82) is 0 Å². The quantitative estimate of drug-likeness (QED) is 0.0261. The molecule has 0 aromatic carbocycles. The Morgan fingerprint density at radius 2 is 0.542 bits per heavy atom. The molecule has 414 valence electrons. The van der Waals surface area contributed by atoms with Crippen molar-refractivity contribution in [3.8, 4) is 0 Å². The molecule has 0 aromatic rings. The lowest BCUT2D eigenvalue weighted by molar-refractivity contribution is -0.167. The van der Waals surface area contributed by atoms with E-state index in [0.717, 1.165) is 109 Å². The first-order valence-corrected chi connectivity index (χ1v) is 30.6. The lowest BCUT2D eigenvalue weighted by atomic mass is 10.0. The van der Waals surface area contributed by atoms with Gasteiger partial charge in [-0.25, -0.2) is 0 Å². The van der Waals surface area contributed by atoms with E-state index in [0.29, 0.717) is 19.3 Å². The van der Waals surface area contributed by atoms with Gasteiger partial charge < -0.3 is 14.2 Å². The number of ether oxygens (including phenoxy) is 3. The fourth-order valence-electron chi connectivity index (χ4n) is 8.60. The van der Waals surface area contributed by atoms with Gasteiger partial charge in [0, 0.05) is 19.3 Å². The van der Waals surface area contributed by atoms with Crippen LogP contribution in [0.2, 0.25) is 0 Å². The van der Waals surface area contributed by atoms with Gasteiger partial charge in [-0.2, -0.15) is 0 Å². The molecular formula is C66H114O6. The van der Waals surface area contributed by atoms with E-state index in [-0.39, 0.29) is 31.1 Å². The van der Waals surface area contributed by atoms with Crippen LogP contribution in [0.1, 0.15) is 297 Å². The minimum Gasteiger partial charge on any atom is -0.462 e. The number of carbonyl (C=O) groups excluding carboxylic acids is 3. The molecule has 0 bridgehead atoms. The Hall–Kier alpha value is -3.41. The molecule has 0 aliphatic heterocycles. The Labute approximate surface area is 445 Å². The summed E-state index contributed by atoms with van der Waals surface area (Å²) < 4.78 is 16.8. The molecule has 0 radical (unpaired) electrons. The highest BCUT2D eigenvalue weighted by Gasteiger charge is 2.19. The van der Waals surface area contributed by atoms with Crippen LogP contribution < -0.4 is 0 Å². The fraction of sp³-hybridized carbons (Fsp3) is 0.742. The second kappa shape index (κ2) is 60.1. The molecule has 0 saturated carbocycles. The van der Waals surface area contributed by atoms with Gasteiger partial charge in [0.25, 0.3) is 0 Å². The number of esters is 3. The van der Waals surface area contributed by atoms with Crippen molar-refractivity contribution >= 4 is 17.9 Å². The molecule has 0 aliphatic carbocycles. The molecule has 72 heavy (non-hydrogen) atoms. The molecule has 0 spiro atoms. The van der Waals surface area contributed by atoms with E-state index in [9.17, 15) is 14.4 Å². The molecule has 0 saturated heterocycles. The number of carbonyl (C=O) groups is 3. The van der Waals surface area contributed by atoms with E-state index in [1.54, 1.807) is 0 Å². The lowest BCUT2D eigenvalue weighted by Gasteiger charge is -2.18. The summed E-state index contributed by atoms with van der Waals surface area (Å²) in [6.07, 6.45) is 78.7. The average Bonchev–Trinajstić information content (AvgIpc) is 3.38. The van der Waals surface area contributed by atoms with E-state index in [4.69, 9.17) is 14.2 Å². The van der Waals surface area contributed by atoms with Crippen LogP contribution in [0.5, 0.6) is 0 Å². The van der Waals surface area contributed by atoms with Crippen LogP contribution in [0.15, 0.2) is 85.1 Å². The lowest BCUT2D eigenvalue weighted by Crippen LogP contribution is -2.30. The van der Waals surface area contributed by atoms with Crippen molar-refractivity contribution in [1.82, 2.24) is 0 Å². The molecule has 0 heterocycles. The van der Waals surface area contributed by atoms with Gasteiger partial charge in [0.1, 0.15) is 13.2 Å². The van der Waals surface area contributed by atoms with Gasteiger partial charge in [-0.1, -0.05) is 286 Å². The van der Waals surface area contributed by atoms with Crippen LogP contribution in [0.3, 0.4) is 0 Å². The van der Waals surface area contributed by atoms with Gasteiger partial charge in [0.05, 0.1) is 0 Å². The van der Waals surface area contributed by atoms with E-state index >= 15 is 0 Å². The van der Waals surface area contributed by atoms with Crippen LogP contribution in [0.4, 0.5) is 0 Å². The zero-order chi connectivity index (χ0) is 52.2. The van der Waals surface area contributed by atoms with Gasteiger partial charge in [-0.3, -0.25) is 14.4 Å². The predicted octanol–water partition coefficient (Wildman–Crippen LogP) is 20.7. The third-order valence-corrected chi connectivity index (χ3v) is 13.2. The summed E-state index contributed by atoms with van der Waals surface area (Å²) in [7, 11) is 0. The molecule has 6 heteroatoms. The summed E-state index contributed by atoms with van der Waals surface area (Å²) in [5.41, 5.74) is 0. The molecule has 6 nitrogen and oxygen atoms in total. The summed E-state index contributed by atoms with van der Waals surface area (Å²) >= 11 is 0. The zero-order valence-corrected chi connectivity index (χ0v) is 47.4. The number of hydrogen-bond acceptors (Lipinski definition) is 6. The molecule has 0 fully saturated rings. The van der Waals surface area contributed by atoms with Gasteiger partial charge >= 0.3 is 17.9 Å². The second-order valence-electron chi connectivity index (χ2n) is 20.2. The highest BCUT2D eigenvalue weighted by molar-refractivity contribution is 5.71. The van der Waals surface area contributed by atoms with Crippen molar-refractivity contribution in [3.05, 3.63) is 85.1 Å². The van der Waals surface area contributed by atoms with E-state index in [2.05, 4.69) is 106 Å². The largest absolute Gasteiger partial charge is 0.462 e. The van der Waals surface area contributed by atoms with Crippen LogP contribution in [0.25, 0.3) is 0 Å². The fourth-order valence-corrected chi connectivity index (χ4v) is 8.60. The Morgan fingerprint density at radius 3 is 0.847 bits per heavy atom.